The van der Waals surface area contributed by atoms with E-state index in [1.165, 1.54) is 0 Å². The molecule has 0 aromatic carbocycles. The summed E-state index contributed by atoms with van der Waals surface area (Å²) in [6, 6.07) is 0. The maximum Gasteiger partial charge on any atom is 0.338 e. The zero-order valence-electron chi connectivity index (χ0n) is 16.4. The standard InChI is InChI=1S/C22H30O5/c1-4-27-19(25)22(26)10-8-16-15-6-5-13-11-14(23)7-9-20(13,2)18(15)17(24)12-21(16,22)3/h7,9,11,15-18,24,26H,4-6,8,10,12H2,1-3H3/t15-,16-,17-,18+,20-,21-,22-/m0/s1. The first-order valence-corrected chi connectivity index (χ1v) is 10.2. The molecule has 2 N–H and O–H groups in total. The monoisotopic (exact) mass is 374 g/mol. The molecular formula is C22H30O5. The average Bonchev–Trinajstić information content (AvgIpc) is 2.87. The van der Waals surface area contributed by atoms with E-state index in [0.717, 1.165) is 24.8 Å². The fourth-order valence-corrected chi connectivity index (χ4v) is 6.92. The molecule has 0 radical (unpaired) electrons. The Bertz CT molecular complexity index is 739. The molecule has 0 unspecified atom stereocenters. The number of ether oxygens (including phenoxy) is 1. The first kappa shape index (κ1) is 18.9. The first-order valence-electron chi connectivity index (χ1n) is 10.2. The van der Waals surface area contributed by atoms with Crippen molar-refractivity contribution < 1.29 is 24.5 Å². The van der Waals surface area contributed by atoms with Crippen LogP contribution in [0.4, 0.5) is 0 Å². The molecule has 0 spiro atoms. The molecule has 0 saturated heterocycles. The summed E-state index contributed by atoms with van der Waals surface area (Å²) in [4.78, 5) is 24.5. The highest BCUT2D eigenvalue weighted by Gasteiger charge is 2.68. The van der Waals surface area contributed by atoms with E-state index < -0.39 is 23.1 Å². The van der Waals surface area contributed by atoms with Gasteiger partial charge in [0.25, 0.3) is 0 Å². The third-order valence-corrected chi connectivity index (χ3v) is 8.26. The lowest BCUT2D eigenvalue weighted by atomic mass is 9.46. The van der Waals surface area contributed by atoms with Gasteiger partial charge in [0.2, 0.25) is 0 Å². The third-order valence-electron chi connectivity index (χ3n) is 8.26. The highest BCUT2D eigenvalue weighted by Crippen LogP contribution is 2.67. The third kappa shape index (κ3) is 2.37. The van der Waals surface area contributed by atoms with Gasteiger partial charge >= 0.3 is 5.97 Å². The topological polar surface area (TPSA) is 83.8 Å². The molecule has 4 aliphatic rings. The molecule has 5 heteroatoms. The quantitative estimate of drug-likeness (QED) is 0.726. The van der Waals surface area contributed by atoms with Crippen LogP contribution in [0.15, 0.2) is 23.8 Å². The number of hydrogen-bond acceptors (Lipinski definition) is 5. The molecule has 148 valence electrons. The van der Waals surface area contributed by atoms with E-state index in [9.17, 15) is 19.8 Å². The van der Waals surface area contributed by atoms with Crippen LogP contribution in [0.2, 0.25) is 0 Å². The molecule has 0 heterocycles. The largest absolute Gasteiger partial charge is 0.464 e. The molecule has 3 saturated carbocycles. The Balaban J connectivity index is 1.72. The highest BCUT2D eigenvalue weighted by molar-refractivity contribution is 6.01. The Labute approximate surface area is 160 Å². The number of fused-ring (bicyclic) bond motifs is 5. The number of ketones is 1. The van der Waals surface area contributed by atoms with Gasteiger partial charge in [0.1, 0.15) is 0 Å². The van der Waals surface area contributed by atoms with Crippen molar-refractivity contribution in [2.24, 2.45) is 28.6 Å². The molecule has 0 bridgehead atoms. The summed E-state index contributed by atoms with van der Waals surface area (Å²) >= 11 is 0. The van der Waals surface area contributed by atoms with Crippen LogP contribution in [0.3, 0.4) is 0 Å². The van der Waals surface area contributed by atoms with E-state index >= 15 is 0 Å². The minimum Gasteiger partial charge on any atom is -0.464 e. The minimum absolute atomic E-state index is 0.00414. The van der Waals surface area contributed by atoms with Gasteiger partial charge in [-0.1, -0.05) is 25.5 Å². The number of rotatable bonds is 2. The van der Waals surface area contributed by atoms with Gasteiger partial charge in [-0.15, -0.1) is 0 Å². The number of esters is 1. The highest BCUT2D eigenvalue weighted by atomic mass is 16.5. The summed E-state index contributed by atoms with van der Waals surface area (Å²) in [7, 11) is 0. The predicted molar refractivity (Wildman–Crippen MR) is 99.6 cm³/mol. The van der Waals surface area contributed by atoms with Crippen LogP contribution in [-0.2, 0) is 14.3 Å². The van der Waals surface area contributed by atoms with Crippen molar-refractivity contribution >= 4 is 11.8 Å². The van der Waals surface area contributed by atoms with E-state index in [1.807, 2.05) is 13.0 Å². The molecule has 0 aromatic heterocycles. The average molecular weight is 374 g/mol. The van der Waals surface area contributed by atoms with Crippen LogP contribution in [0.25, 0.3) is 0 Å². The molecule has 0 aromatic rings. The summed E-state index contributed by atoms with van der Waals surface area (Å²) in [6.07, 6.45) is 7.92. The van der Waals surface area contributed by atoms with Crippen molar-refractivity contribution in [2.75, 3.05) is 6.61 Å². The summed E-state index contributed by atoms with van der Waals surface area (Å²) in [5, 5.41) is 22.6. The lowest BCUT2D eigenvalue weighted by molar-refractivity contribution is -0.196. The Hall–Kier alpha value is -1.46. The Kier molecular flexibility index (Phi) is 4.21. The van der Waals surface area contributed by atoms with Crippen LogP contribution < -0.4 is 0 Å². The smallest absolute Gasteiger partial charge is 0.338 e. The molecule has 27 heavy (non-hydrogen) atoms. The number of aliphatic hydroxyl groups excluding tert-OH is 1. The predicted octanol–water partition coefficient (Wildman–Crippen LogP) is 2.56. The van der Waals surface area contributed by atoms with Crippen molar-refractivity contribution in [3.63, 3.8) is 0 Å². The van der Waals surface area contributed by atoms with E-state index in [-0.39, 0.29) is 35.6 Å². The summed E-state index contributed by atoms with van der Waals surface area (Å²) in [6.45, 7) is 6.06. The summed E-state index contributed by atoms with van der Waals surface area (Å²) in [5.74, 6) is -0.156. The molecule has 0 aliphatic heterocycles. The second-order valence-corrected chi connectivity index (χ2v) is 9.33. The zero-order chi connectivity index (χ0) is 19.6. The maximum absolute atomic E-state index is 12.6. The van der Waals surface area contributed by atoms with Crippen LogP contribution in [0.1, 0.15) is 52.9 Å². The second-order valence-electron chi connectivity index (χ2n) is 9.33. The van der Waals surface area contributed by atoms with E-state index in [2.05, 4.69) is 6.92 Å². The first-order chi connectivity index (χ1) is 12.7. The van der Waals surface area contributed by atoms with Gasteiger partial charge in [0.05, 0.1) is 12.7 Å². The molecular weight excluding hydrogens is 344 g/mol. The maximum atomic E-state index is 12.6. The molecule has 4 rings (SSSR count). The lowest BCUT2D eigenvalue weighted by Crippen LogP contribution is -2.61. The van der Waals surface area contributed by atoms with Gasteiger partial charge < -0.3 is 14.9 Å². The van der Waals surface area contributed by atoms with Crippen molar-refractivity contribution in [1.82, 2.24) is 0 Å². The second kappa shape index (κ2) is 6.02. The van der Waals surface area contributed by atoms with Crippen LogP contribution in [-0.4, -0.2) is 40.3 Å². The fraction of sp³-hybridized carbons (Fsp3) is 0.727. The number of hydrogen-bond donors (Lipinski definition) is 2. The molecule has 7 atom stereocenters. The number of allylic oxidation sites excluding steroid dienone is 4. The molecule has 4 aliphatic carbocycles. The molecule has 0 amide bonds. The number of aliphatic hydroxyl groups is 2. The van der Waals surface area contributed by atoms with E-state index in [1.54, 1.807) is 19.1 Å². The van der Waals surface area contributed by atoms with Crippen LogP contribution >= 0.6 is 0 Å². The zero-order valence-corrected chi connectivity index (χ0v) is 16.4. The molecule has 5 nitrogen and oxygen atoms in total. The lowest BCUT2D eigenvalue weighted by Gasteiger charge is -2.59. The van der Waals surface area contributed by atoms with Gasteiger partial charge in [-0.3, -0.25) is 4.79 Å². The number of carbonyl (C=O) groups is 2. The van der Waals surface area contributed by atoms with Gasteiger partial charge in [0.15, 0.2) is 11.4 Å². The van der Waals surface area contributed by atoms with Gasteiger partial charge in [0, 0.05) is 16.7 Å². The summed E-state index contributed by atoms with van der Waals surface area (Å²) in [5.41, 5.74) is -1.44. The van der Waals surface area contributed by atoms with Gasteiger partial charge in [-0.05, 0) is 63.0 Å². The van der Waals surface area contributed by atoms with Crippen molar-refractivity contribution in [3.8, 4) is 0 Å². The summed E-state index contributed by atoms with van der Waals surface area (Å²) < 4.78 is 5.20. The van der Waals surface area contributed by atoms with Crippen LogP contribution in [0.5, 0.6) is 0 Å². The molecule has 3 fully saturated rings. The van der Waals surface area contributed by atoms with Crippen molar-refractivity contribution in [2.45, 2.75) is 64.6 Å². The van der Waals surface area contributed by atoms with Gasteiger partial charge in [-0.2, -0.15) is 0 Å². The van der Waals surface area contributed by atoms with Crippen molar-refractivity contribution in [1.29, 1.82) is 0 Å². The minimum atomic E-state index is -1.53. The number of carbonyl (C=O) groups excluding carboxylic acids is 2. The normalized spacial score (nSPS) is 48.3. The Morgan fingerprint density at radius 3 is 2.78 bits per heavy atom. The Morgan fingerprint density at radius 2 is 2.07 bits per heavy atom. The van der Waals surface area contributed by atoms with Crippen LogP contribution in [0, 0.1) is 28.6 Å². The Morgan fingerprint density at radius 1 is 1.33 bits per heavy atom. The van der Waals surface area contributed by atoms with Crippen molar-refractivity contribution in [3.05, 3.63) is 23.8 Å². The van der Waals surface area contributed by atoms with E-state index in [0.29, 0.717) is 12.8 Å². The SMILES string of the molecule is CCOC(=O)[C@@]1(O)CC[C@H]2[C@@H]3CCC4=CC(=O)C=C[C@]4(C)[C@H]3[C@@H](O)C[C@@]21C. The van der Waals surface area contributed by atoms with Gasteiger partial charge in [-0.25, -0.2) is 4.79 Å². The fourth-order valence-electron chi connectivity index (χ4n) is 6.92. The van der Waals surface area contributed by atoms with E-state index in [4.69, 9.17) is 4.74 Å².